The van der Waals surface area contributed by atoms with Gasteiger partial charge >= 0.3 is 0 Å². The van der Waals surface area contributed by atoms with Gasteiger partial charge in [-0.05, 0) is 42.0 Å². The lowest BCUT2D eigenvalue weighted by atomic mass is 10.2. The smallest absolute Gasteiger partial charge is 0.276 e. The summed E-state index contributed by atoms with van der Waals surface area (Å²) in [6.07, 6.45) is 4.99. The molecule has 29 heavy (non-hydrogen) atoms. The van der Waals surface area contributed by atoms with Crippen LogP contribution in [0.4, 0.5) is 5.82 Å². The van der Waals surface area contributed by atoms with Gasteiger partial charge in [0.1, 0.15) is 17.3 Å². The molecule has 1 N–H and O–H groups in total. The van der Waals surface area contributed by atoms with Crippen LogP contribution in [0.25, 0.3) is 10.6 Å². The number of nitrogens with one attached hydrogen (secondary N) is 1. The second-order valence-electron chi connectivity index (χ2n) is 5.99. The molecule has 0 aliphatic carbocycles. The first-order valence-electron chi connectivity index (χ1n) is 8.68. The van der Waals surface area contributed by atoms with Gasteiger partial charge in [-0.1, -0.05) is 23.7 Å². The zero-order valence-corrected chi connectivity index (χ0v) is 16.7. The number of benzene rings is 1. The van der Waals surface area contributed by atoms with Crippen molar-refractivity contribution in [2.75, 3.05) is 5.32 Å². The minimum Gasteiger partial charge on any atom is -0.485 e. The molecule has 3 heterocycles. The molecule has 0 saturated carbocycles. The maximum Gasteiger partial charge on any atom is 0.276 e. The number of anilines is 1. The highest BCUT2D eigenvalue weighted by molar-refractivity contribution is 7.13. The molecule has 6 nitrogen and oxygen atoms in total. The van der Waals surface area contributed by atoms with Crippen molar-refractivity contribution < 1.29 is 9.53 Å². The van der Waals surface area contributed by atoms with Crippen LogP contribution >= 0.6 is 22.9 Å². The molecule has 0 aliphatic rings. The summed E-state index contributed by atoms with van der Waals surface area (Å²) in [7, 11) is 0. The molecule has 8 heteroatoms. The fraction of sp³-hybridized carbons (Fsp3) is 0.0476. The van der Waals surface area contributed by atoms with Gasteiger partial charge in [0.15, 0.2) is 11.6 Å². The number of pyridine rings is 2. The molecular formula is C21H15ClN4O2S. The second kappa shape index (κ2) is 8.81. The van der Waals surface area contributed by atoms with Crippen LogP contribution in [0.1, 0.15) is 16.1 Å². The number of hydrogen-bond donors (Lipinski definition) is 1. The number of nitrogens with zero attached hydrogens (tertiary/aromatic N) is 3. The predicted molar refractivity (Wildman–Crippen MR) is 113 cm³/mol. The van der Waals surface area contributed by atoms with E-state index in [9.17, 15) is 4.79 Å². The summed E-state index contributed by atoms with van der Waals surface area (Å²) in [5, 5.41) is 5.87. The predicted octanol–water partition coefficient (Wildman–Crippen LogP) is 5.08. The van der Waals surface area contributed by atoms with Crippen molar-refractivity contribution in [1.82, 2.24) is 15.0 Å². The topological polar surface area (TPSA) is 77.0 Å². The Bertz CT molecular complexity index is 1120. The summed E-state index contributed by atoms with van der Waals surface area (Å²) in [5.74, 6) is 0.465. The standard InChI is InChI=1S/C21H15ClN4O2S/c22-16-5-3-15(4-6-16)21-25-17(13-29-21)20(27)26-19-18(2-1-9-24-19)28-12-14-7-10-23-11-8-14/h1-11,13H,12H2,(H,24,26,27). The Morgan fingerprint density at radius 1 is 1.07 bits per heavy atom. The van der Waals surface area contributed by atoms with Gasteiger partial charge in [-0.2, -0.15) is 0 Å². The Morgan fingerprint density at radius 2 is 1.86 bits per heavy atom. The van der Waals surface area contributed by atoms with E-state index in [1.165, 1.54) is 11.3 Å². The molecule has 0 bridgehead atoms. The van der Waals surface area contributed by atoms with E-state index in [0.717, 1.165) is 16.1 Å². The molecule has 0 radical (unpaired) electrons. The Morgan fingerprint density at radius 3 is 2.66 bits per heavy atom. The zero-order valence-electron chi connectivity index (χ0n) is 15.1. The number of carbonyl (C=O) groups is 1. The van der Waals surface area contributed by atoms with Crippen molar-refractivity contribution in [3.63, 3.8) is 0 Å². The van der Waals surface area contributed by atoms with Crippen molar-refractivity contribution in [3.05, 3.63) is 88.8 Å². The van der Waals surface area contributed by atoms with Crippen LogP contribution in [0.15, 0.2) is 72.5 Å². The Labute approximate surface area is 176 Å². The minimum absolute atomic E-state index is 0.311. The summed E-state index contributed by atoms with van der Waals surface area (Å²) < 4.78 is 5.81. The van der Waals surface area contributed by atoms with E-state index in [4.69, 9.17) is 16.3 Å². The van der Waals surface area contributed by atoms with Gasteiger partial charge in [0, 0.05) is 34.6 Å². The first kappa shape index (κ1) is 19.0. The van der Waals surface area contributed by atoms with Crippen LogP contribution in [-0.4, -0.2) is 20.9 Å². The quantitative estimate of drug-likeness (QED) is 0.468. The van der Waals surface area contributed by atoms with E-state index in [1.807, 2.05) is 24.3 Å². The van der Waals surface area contributed by atoms with Gasteiger partial charge in [-0.3, -0.25) is 9.78 Å². The normalized spacial score (nSPS) is 10.5. The average Bonchev–Trinajstić information content (AvgIpc) is 3.25. The maximum absolute atomic E-state index is 12.6. The molecule has 1 aromatic carbocycles. The van der Waals surface area contributed by atoms with Crippen molar-refractivity contribution in [2.24, 2.45) is 0 Å². The lowest BCUT2D eigenvalue weighted by Gasteiger charge is -2.10. The number of amides is 1. The van der Waals surface area contributed by atoms with E-state index < -0.39 is 0 Å². The summed E-state index contributed by atoms with van der Waals surface area (Å²) in [4.78, 5) is 25.3. The molecule has 0 saturated heterocycles. The molecule has 0 aliphatic heterocycles. The van der Waals surface area contributed by atoms with Crippen molar-refractivity contribution in [3.8, 4) is 16.3 Å². The molecule has 1 amide bonds. The highest BCUT2D eigenvalue weighted by Gasteiger charge is 2.15. The summed E-state index contributed by atoms with van der Waals surface area (Å²) >= 11 is 7.31. The third-order valence-corrected chi connectivity index (χ3v) is 5.12. The molecule has 3 aromatic heterocycles. The zero-order chi connectivity index (χ0) is 20.1. The van der Waals surface area contributed by atoms with Crippen LogP contribution in [0.3, 0.4) is 0 Å². The lowest BCUT2D eigenvalue weighted by molar-refractivity contribution is 0.102. The number of ether oxygens (including phenoxy) is 1. The number of thiazole rings is 1. The molecule has 144 valence electrons. The number of hydrogen-bond acceptors (Lipinski definition) is 6. The van der Waals surface area contributed by atoms with Gasteiger partial charge < -0.3 is 10.1 Å². The van der Waals surface area contributed by atoms with Crippen LogP contribution in [-0.2, 0) is 6.61 Å². The van der Waals surface area contributed by atoms with Crippen molar-refractivity contribution in [2.45, 2.75) is 6.61 Å². The van der Waals surface area contributed by atoms with E-state index in [0.29, 0.717) is 28.9 Å². The Kier molecular flexibility index (Phi) is 5.79. The Hall–Kier alpha value is -3.29. The van der Waals surface area contributed by atoms with Gasteiger partial charge in [-0.25, -0.2) is 9.97 Å². The number of carbonyl (C=O) groups excluding carboxylic acids is 1. The first-order chi connectivity index (χ1) is 14.2. The summed E-state index contributed by atoms with van der Waals surface area (Å²) in [6, 6.07) is 14.5. The van der Waals surface area contributed by atoms with E-state index in [-0.39, 0.29) is 5.91 Å². The monoisotopic (exact) mass is 422 g/mol. The SMILES string of the molecule is O=C(Nc1ncccc1OCc1ccncc1)c1csc(-c2ccc(Cl)cc2)n1. The maximum atomic E-state index is 12.6. The molecular weight excluding hydrogens is 408 g/mol. The fourth-order valence-corrected chi connectivity index (χ4v) is 3.45. The third-order valence-electron chi connectivity index (χ3n) is 3.97. The summed E-state index contributed by atoms with van der Waals surface area (Å²) in [5.41, 5.74) is 2.18. The molecule has 0 unspecified atom stereocenters. The third kappa shape index (κ3) is 4.77. The van der Waals surface area contributed by atoms with Crippen LogP contribution in [0.5, 0.6) is 5.75 Å². The largest absolute Gasteiger partial charge is 0.485 e. The highest BCUT2D eigenvalue weighted by atomic mass is 35.5. The van der Waals surface area contributed by atoms with Crippen LogP contribution in [0, 0.1) is 0 Å². The average molecular weight is 423 g/mol. The van der Waals surface area contributed by atoms with E-state index in [1.54, 1.807) is 48.2 Å². The van der Waals surface area contributed by atoms with Crippen LogP contribution < -0.4 is 10.1 Å². The second-order valence-corrected chi connectivity index (χ2v) is 7.29. The number of aromatic nitrogens is 3. The van der Waals surface area contributed by atoms with Gasteiger partial charge in [0.05, 0.1) is 0 Å². The lowest BCUT2D eigenvalue weighted by Crippen LogP contribution is -2.14. The van der Waals surface area contributed by atoms with E-state index >= 15 is 0 Å². The number of rotatable bonds is 6. The van der Waals surface area contributed by atoms with Crippen LogP contribution in [0.2, 0.25) is 5.02 Å². The molecule has 0 fully saturated rings. The van der Waals surface area contributed by atoms with Gasteiger partial charge in [0.25, 0.3) is 5.91 Å². The molecule has 4 aromatic rings. The fourth-order valence-electron chi connectivity index (χ4n) is 2.52. The molecule has 4 rings (SSSR count). The molecule has 0 spiro atoms. The highest BCUT2D eigenvalue weighted by Crippen LogP contribution is 2.27. The summed E-state index contributed by atoms with van der Waals surface area (Å²) in [6.45, 7) is 0.342. The molecule has 0 atom stereocenters. The minimum atomic E-state index is -0.353. The van der Waals surface area contributed by atoms with Gasteiger partial charge in [-0.15, -0.1) is 11.3 Å². The number of halogens is 1. The Balaban J connectivity index is 1.47. The first-order valence-corrected chi connectivity index (χ1v) is 9.94. The van der Waals surface area contributed by atoms with E-state index in [2.05, 4.69) is 20.3 Å². The van der Waals surface area contributed by atoms with Crippen molar-refractivity contribution >= 4 is 34.7 Å². The van der Waals surface area contributed by atoms with Gasteiger partial charge in [0.2, 0.25) is 0 Å². The van der Waals surface area contributed by atoms with Crippen molar-refractivity contribution in [1.29, 1.82) is 0 Å².